The first-order chi connectivity index (χ1) is 11.4. The predicted octanol–water partition coefficient (Wildman–Crippen LogP) is 3.46. The van der Waals surface area contributed by atoms with E-state index < -0.39 is 24.3 Å². The minimum Gasteiger partial charge on any atom is -0.481 e. The van der Waals surface area contributed by atoms with E-state index in [4.69, 9.17) is 9.47 Å². The topological polar surface area (TPSA) is 64.6 Å². The Morgan fingerprint density at radius 2 is 1.83 bits per heavy atom. The normalized spacial score (nSPS) is 10.1. The Bertz CT molecular complexity index is 734. The summed E-state index contributed by atoms with van der Waals surface area (Å²) in [5.41, 5.74) is 1.46. The average molecular weight is 396 g/mol. The third-order valence-corrected chi connectivity index (χ3v) is 3.54. The van der Waals surface area contributed by atoms with Crippen LogP contribution in [-0.4, -0.2) is 25.1 Å². The molecule has 5 nitrogen and oxygen atoms in total. The summed E-state index contributed by atoms with van der Waals surface area (Å²) in [5.74, 6) is -1.09. The van der Waals surface area contributed by atoms with Gasteiger partial charge < -0.3 is 14.8 Å². The largest absolute Gasteiger partial charge is 0.481 e. The van der Waals surface area contributed by atoms with Gasteiger partial charge in [0.15, 0.2) is 13.2 Å². The van der Waals surface area contributed by atoms with E-state index in [0.29, 0.717) is 11.4 Å². The van der Waals surface area contributed by atoms with Crippen LogP contribution in [0.4, 0.5) is 10.1 Å². The summed E-state index contributed by atoms with van der Waals surface area (Å²) in [6, 6.07) is 10.7. The van der Waals surface area contributed by atoms with Crippen LogP contribution in [0.2, 0.25) is 0 Å². The molecule has 0 aliphatic heterocycles. The van der Waals surface area contributed by atoms with E-state index >= 15 is 0 Å². The Morgan fingerprint density at radius 1 is 1.12 bits per heavy atom. The highest BCUT2D eigenvalue weighted by Gasteiger charge is 2.10. The van der Waals surface area contributed by atoms with Crippen LogP contribution in [0.5, 0.6) is 5.75 Å². The lowest BCUT2D eigenvalue weighted by Gasteiger charge is -2.09. The van der Waals surface area contributed by atoms with Crippen molar-refractivity contribution in [3.8, 4) is 5.75 Å². The highest BCUT2D eigenvalue weighted by atomic mass is 79.9. The zero-order valence-electron chi connectivity index (χ0n) is 12.8. The summed E-state index contributed by atoms with van der Waals surface area (Å²) in [5, 5.41) is 2.48. The van der Waals surface area contributed by atoms with Gasteiger partial charge in [-0.1, -0.05) is 6.07 Å². The lowest BCUT2D eigenvalue weighted by Crippen LogP contribution is -2.23. The van der Waals surface area contributed by atoms with Crippen LogP contribution in [0, 0.1) is 12.7 Å². The highest BCUT2D eigenvalue weighted by Crippen LogP contribution is 2.25. The second kappa shape index (κ2) is 8.44. The number of carbonyl (C=O) groups is 2. The summed E-state index contributed by atoms with van der Waals surface area (Å²) < 4.78 is 23.6. The molecule has 0 bridgehead atoms. The Labute approximate surface area is 146 Å². The molecule has 0 unspecified atom stereocenters. The minimum atomic E-state index is -0.670. The number of esters is 1. The maximum Gasteiger partial charge on any atom is 0.344 e. The van der Waals surface area contributed by atoms with E-state index in [2.05, 4.69) is 21.2 Å². The zero-order valence-corrected chi connectivity index (χ0v) is 14.4. The van der Waals surface area contributed by atoms with Gasteiger partial charge in [0.05, 0.1) is 4.47 Å². The van der Waals surface area contributed by atoms with Gasteiger partial charge in [0.2, 0.25) is 0 Å². The van der Waals surface area contributed by atoms with Crippen LogP contribution < -0.4 is 10.1 Å². The molecule has 7 heteroatoms. The van der Waals surface area contributed by atoms with Gasteiger partial charge in [-0.05, 0) is 64.8 Å². The SMILES string of the molecule is Cc1ccc(OCC(=O)OCC(=O)Nc2ccc(F)cc2)c(Br)c1. The third kappa shape index (κ3) is 5.66. The molecule has 0 saturated carbocycles. The molecular weight excluding hydrogens is 381 g/mol. The molecule has 0 aliphatic rings. The summed E-state index contributed by atoms with van der Waals surface area (Å²) in [4.78, 5) is 23.2. The van der Waals surface area contributed by atoms with Crippen molar-refractivity contribution in [2.24, 2.45) is 0 Å². The van der Waals surface area contributed by atoms with E-state index in [1.54, 1.807) is 6.07 Å². The number of nitrogens with one attached hydrogen (secondary N) is 1. The van der Waals surface area contributed by atoms with Gasteiger partial charge in [-0.3, -0.25) is 4.79 Å². The Kier molecular flexibility index (Phi) is 6.31. The van der Waals surface area contributed by atoms with E-state index in [1.165, 1.54) is 24.3 Å². The summed E-state index contributed by atoms with van der Waals surface area (Å²) >= 11 is 3.33. The lowest BCUT2D eigenvalue weighted by molar-refractivity contribution is -0.149. The van der Waals surface area contributed by atoms with Crippen molar-refractivity contribution < 1.29 is 23.5 Å². The molecule has 1 amide bonds. The number of hydrogen-bond acceptors (Lipinski definition) is 4. The van der Waals surface area contributed by atoms with E-state index in [-0.39, 0.29) is 6.61 Å². The number of aryl methyl sites for hydroxylation is 1. The first-order valence-corrected chi connectivity index (χ1v) is 7.83. The van der Waals surface area contributed by atoms with Crippen LogP contribution in [-0.2, 0) is 14.3 Å². The predicted molar refractivity (Wildman–Crippen MR) is 90.4 cm³/mol. The number of rotatable bonds is 6. The van der Waals surface area contributed by atoms with Crippen LogP contribution in [0.1, 0.15) is 5.56 Å². The monoisotopic (exact) mass is 395 g/mol. The maximum atomic E-state index is 12.8. The molecule has 0 spiro atoms. The fourth-order valence-corrected chi connectivity index (χ4v) is 2.39. The van der Waals surface area contributed by atoms with Gasteiger partial charge in [-0.15, -0.1) is 0 Å². The second-order valence-electron chi connectivity index (χ2n) is 4.94. The number of amides is 1. The van der Waals surface area contributed by atoms with Crippen LogP contribution in [0.25, 0.3) is 0 Å². The fraction of sp³-hybridized carbons (Fsp3) is 0.176. The van der Waals surface area contributed by atoms with Gasteiger partial charge in [-0.25, -0.2) is 9.18 Å². The summed E-state index contributed by atoms with van der Waals surface area (Å²) in [7, 11) is 0. The van der Waals surface area contributed by atoms with Crippen molar-refractivity contribution in [2.75, 3.05) is 18.5 Å². The van der Waals surface area contributed by atoms with Gasteiger partial charge in [0.1, 0.15) is 11.6 Å². The van der Waals surface area contributed by atoms with Crippen molar-refractivity contribution in [1.82, 2.24) is 0 Å². The molecule has 2 rings (SSSR count). The van der Waals surface area contributed by atoms with Gasteiger partial charge in [0.25, 0.3) is 5.91 Å². The molecule has 126 valence electrons. The second-order valence-corrected chi connectivity index (χ2v) is 5.79. The van der Waals surface area contributed by atoms with Crippen molar-refractivity contribution in [1.29, 1.82) is 0 Å². The lowest BCUT2D eigenvalue weighted by atomic mass is 10.2. The van der Waals surface area contributed by atoms with Crippen molar-refractivity contribution in [3.63, 3.8) is 0 Å². The third-order valence-electron chi connectivity index (χ3n) is 2.93. The fourth-order valence-electron chi connectivity index (χ4n) is 1.78. The van der Waals surface area contributed by atoms with Gasteiger partial charge in [0, 0.05) is 5.69 Å². The molecule has 2 aromatic rings. The van der Waals surface area contributed by atoms with E-state index in [1.807, 2.05) is 19.1 Å². The maximum absolute atomic E-state index is 12.8. The molecule has 1 N–H and O–H groups in total. The number of hydrogen-bond donors (Lipinski definition) is 1. The molecule has 0 saturated heterocycles. The molecule has 0 fully saturated rings. The summed E-state index contributed by atoms with van der Waals surface area (Å²) in [6.07, 6.45) is 0. The number of carbonyl (C=O) groups excluding carboxylic acids is 2. The standard InChI is InChI=1S/C17H15BrFNO4/c1-11-2-7-15(14(18)8-11)23-10-17(22)24-9-16(21)20-13-5-3-12(19)4-6-13/h2-8H,9-10H2,1H3,(H,20,21). The molecule has 0 radical (unpaired) electrons. The first kappa shape index (κ1) is 17.9. The van der Waals surface area contributed by atoms with Gasteiger partial charge in [-0.2, -0.15) is 0 Å². The molecular formula is C17H15BrFNO4. The van der Waals surface area contributed by atoms with Crippen LogP contribution in [0.15, 0.2) is 46.9 Å². The van der Waals surface area contributed by atoms with Crippen LogP contribution in [0.3, 0.4) is 0 Å². The quantitative estimate of drug-likeness (QED) is 0.760. The average Bonchev–Trinajstić information content (AvgIpc) is 2.54. The molecule has 0 aromatic heterocycles. The smallest absolute Gasteiger partial charge is 0.344 e. The summed E-state index contributed by atoms with van der Waals surface area (Å²) in [6.45, 7) is 1.17. The van der Waals surface area contributed by atoms with Crippen molar-refractivity contribution >= 4 is 33.5 Å². The highest BCUT2D eigenvalue weighted by molar-refractivity contribution is 9.10. The molecule has 0 heterocycles. The zero-order chi connectivity index (χ0) is 17.5. The number of benzene rings is 2. The first-order valence-electron chi connectivity index (χ1n) is 7.04. The number of anilines is 1. The molecule has 0 aliphatic carbocycles. The molecule has 2 aromatic carbocycles. The Balaban J connectivity index is 1.74. The van der Waals surface area contributed by atoms with Gasteiger partial charge >= 0.3 is 5.97 Å². The Hall–Kier alpha value is -2.41. The molecule has 0 atom stereocenters. The van der Waals surface area contributed by atoms with Crippen molar-refractivity contribution in [2.45, 2.75) is 6.92 Å². The number of ether oxygens (including phenoxy) is 2. The van der Waals surface area contributed by atoms with Crippen LogP contribution >= 0.6 is 15.9 Å². The number of halogens is 2. The van der Waals surface area contributed by atoms with Crippen molar-refractivity contribution in [3.05, 3.63) is 58.3 Å². The van der Waals surface area contributed by atoms with E-state index in [0.717, 1.165) is 10.0 Å². The minimum absolute atomic E-state index is 0.314. The Morgan fingerprint density at radius 3 is 2.50 bits per heavy atom. The van der Waals surface area contributed by atoms with E-state index in [9.17, 15) is 14.0 Å². The molecule has 24 heavy (non-hydrogen) atoms.